The lowest BCUT2D eigenvalue weighted by atomic mass is 10.1. The SMILES string of the molecule is CCCCN(CC)c1cnc(C#N)c(C(F)(F)F)c1. The van der Waals surface area contributed by atoms with Crippen LogP contribution in [-0.2, 0) is 6.18 Å². The fourth-order valence-corrected chi connectivity index (χ4v) is 1.75. The minimum absolute atomic E-state index is 0.405. The molecule has 0 saturated carbocycles. The van der Waals surface area contributed by atoms with Crippen molar-refractivity contribution in [1.29, 1.82) is 5.26 Å². The van der Waals surface area contributed by atoms with Crippen LogP contribution in [0.1, 0.15) is 37.9 Å². The monoisotopic (exact) mass is 271 g/mol. The molecule has 0 saturated heterocycles. The minimum atomic E-state index is -4.56. The quantitative estimate of drug-likeness (QED) is 0.821. The summed E-state index contributed by atoms with van der Waals surface area (Å²) < 4.78 is 38.5. The summed E-state index contributed by atoms with van der Waals surface area (Å²) in [5.41, 5.74) is -1.15. The lowest BCUT2D eigenvalue weighted by molar-refractivity contribution is -0.138. The summed E-state index contributed by atoms with van der Waals surface area (Å²) in [6.07, 6.45) is -1.37. The van der Waals surface area contributed by atoms with Crippen molar-refractivity contribution >= 4 is 5.69 Å². The highest BCUT2D eigenvalue weighted by atomic mass is 19.4. The highest BCUT2D eigenvalue weighted by Crippen LogP contribution is 2.33. The number of hydrogen-bond acceptors (Lipinski definition) is 3. The number of pyridine rings is 1. The van der Waals surface area contributed by atoms with Crippen LogP contribution in [0, 0.1) is 11.3 Å². The van der Waals surface area contributed by atoms with Crippen LogP contribution < -0.4 is 4.90 Å². The Balaban J connectivity index is 3.14. The summed E-state index contributed by atoms with van der Waals surface area (Å²) in [6.45, 7) is 5.18. The average Bonchev–Trinajstić information content (AvgIpc) is 2.38. The molecule has 0 aromatic carbocycles. The molecule has 0 fully saturated rings. The number of unbranched alkanes of at least 4 members (excludes halogenated alkanes) is 1. The lowest BCUT2D eigenvalue weighted by Gasteiger charge is -2.23. The predicted octanol–water partition coefficient (Wildman–Crippen LogP) is 3.60. The number of alkyl halides is 3. The molecular formula is C13H16F3N3. The van der Waals surface area contributed by atoms with E-state index in [2.05, 4.69) is 4.98 Å². The molecule has 1 heterocycles. The van der Waals surface area contributed by atoms with E-state index in [1.807, 2.05) is 18.7 Å². The van der Waals surface area contributed by atoms with Gasteiger partial charge in [0.05, 0.1) is 17.4 Å². The molecule has 0 spiro atoms. The van der Waals surface area contributed by atoms with Crippen LogP contribution in [0.15, 0.2) is 12.3 Å². The van der Waals surface area contributed by atoms with E-state index in [0.29, 0.717) is 18.8 Å². The second-order valence-electron chi connectivity index (χ2n) is 4.13. The van der Waals surface area contributed by atoms with Crippen molar-refractivity contribution < 1.29 is 13.2 Å². The van der Waals surface area contributed by atoms with Gasteiger partial charge >= 0.3 is 6.18 Å². The van der Waals surface area contributed by atoms with Gasteiger partial charge in [0.2, 0.25) is 0 Å². The second-order valence-corrected chi connectivity index (χ2v) is 4.13. The maximum Gasteiger partial charge on any atom is 0.419 e. The van der Waals surface area contributed by atoms with Gasteiger partial charge in [-0.3, -0.25) is 0 Å². The number of anilines is 1. The van der Waals surface area contributed by atoms with Crippen LogP contribution >= 0.6 is 0 Å². The van der Waals surface area contributed by atoms with Crippen molar-refractivity contribution in [2.75, 3.05) is 18.0 Å². The third kappa shape index (κ3) is 3.85. The van der Waals surface area contributed by atoms with Crippen LogP contribution in [0.5, 0.6) is 0 Å². The number of rotatable bonds is 5. The highest BCUT2D eigenvalue weighted by molar-refractivity contribution is 5.50. The van der Waals surface area contributed by atoms with Gasteiger partial charge in [0.15, 0.2) is 5.69 Å². The summed E-state index contributed by atoms with van der Waals surface area (Å²) in [6, 6.07) is 2.48. The molecule has 3 nitrogen and oxygen atoms in total. The first-order valence-corrected chi connectivity index (χ1v) is 6.16. The maximum absolute atomic E-state index is 12.8. The van der Waals surface area contributed by atoms with E-state index in [-0.39, 0.29) is 0 Å². The standard InChI is InChI=1S/C13H16F3N3/c1-3-5-6-19(4-2)10-7-11(13(14,15)16)12(8-17)18-9-10/h7,9H,3-6H2,1-2H3. The third-order valence-corrected chi connectivity index (χ3v) is 2.81. The van der Waals surface area contributed by atoms with Crippen LogP contribution in [0.3, 0.4) is 0 Å². The molecule has 104 valence electrons. The van der Waals surface area contributed by atoms with Gasteiger partial charge in [-0.1, -0.05) is 13.3 Å². The van der Waals surface area contributed by atoms with E-state index in [1.165, 1.54) is 12.3 Å². The summed E-state index contributed by atoms with van der Waals surface area (Å²) in [5.74, 6) is 0. The number of nitriles is 1. The van der Waals surface area contributed by atoms with Crippen molar-refractivity contribution in [1.82, 2.24) is 4.98 Å². The van der Waals surface area contributed by atoms with E-state index in [1.54, 1.807) is 0 Å². The van der Waals surface area contributed by atoms with Gasteiger partial charge in [0.25, 0.3) is 0 Å². The molecule has 0 radical (unpaired) electrons. The number of nitrogens with zero attached hydrogens (tertiary/aromatic N) is 3. The van der Waals surface area contributed by atoms with Crippen molar-refractivity contribution in [3.05, 3.63) is 23.5 Å². The van der Waals surface area contributed by atoms with Crippen molar-refractivity contribution in [3.63, 3.8) is 0 Å². The zero-order valence-electron chi connectivity index (χ0n) is 11.0. The zero-order valence-corrected chi connectivity index (χ0v) is 11.0. The van der Waals surface area contributed by atoms with Crippen molar-refractivity contribution in [3.8, 4) is 6.07 Å². The van der Waals surface area contributed by atoms with Gasteiger partial charge in [-0.05, 0) is 19.4 Å². The molecule has 0 unspecified atom stereocenters. The topological polar surface area (TPSA) is 39.9 Å². The van der Waals surface area contributed by atoms with E-state index < -0.39 is 17.4 Å². The van der Waals surface area contributed by atoms with E-state index >= 15 is 0 Å². The molecule has 19 heavy (non-hydrogen) atoms. The first-order chi connectivity index (χ1) is 8.93. The van der Waals surface area contributed by atoms with Gasteiger partial charge < -0.3 is 4.90 Å². The zero-order chi connectivity index (χ0) is 14.5. The van der Waals surface area contributed by atoms with E-state index in [4.69, 9.17) is 5.26 Å². The minimum Gasteiger partial charge on any atom is -0.371 e. The summed E-state index contributed by atoms with van der Waals surface area (Å²) >= 11 is 0. The molecular weight excluding hydrogens is 255 g/mol. The lowest BCUT2D eigenvalue weighted by Crippen LogP contribution is -2.24. The summed E-state index contributed by atoms with van der Waals surface area (Å²) in [5, 5.41) is 8.68. The molecule has 0 atom stereocenters. The fourth-order valence-electron chi connectivity index (χ4n) is 1.75. The Morgan fingerprint density at radius 2 is 2.05 bits per heavy atom. The first-order valence-electron chi connectivity index (χ1n) is 6.16. The Bertz CT molecular complexity index is 463. The normalized spacial score (nSPS) is 11.2. The first kappa shape index (κ1) is 15.3. The average molecular weight is 271 g/mol. The van der Waals surface area contributed by atoms with Crippen LogP contribution in [0.25, 0.3) is 0 Å². The predicted molar refractivity (Wildman–Crippen MR) is 66.7 cm³/mol. The fraction of sp³-hybridized carbons (Fsp3) is 0.538. The van der Waals surface area contributed by atoms with Crippen molar-refractivity contribution in [2.24, 2.45) is 0 Å². The molecule has 0 amide bonds. The maximum atomic E-state index is 12.8. The largest absolute Gasteiger partial charge is 0.419 e. The van der Waals surface area contributed by atoms with E-state index in [0.717, 1.165) is 18.9 Å². The summed E-state index contributed by atoms with van der Waals surface area (Å²) in [4.78, 5) is 5.44. The number of aromatic nitrogens is 1. The van der Waals surface area contributed by atoms with Gasteiger partial charge in [-0.25, -0.2) is 4.98 Å². The number of halogens is 3. The van der Waals surface area contributed by atoms with Crippen LogP contribution in [-0.4, -0.2) is 18.1 Å². The molecule has 1 aromatic heterocycles. The van der Waals surface area contributed by atoms with E-state index in [9.17, 15) is 13.2 Å². The molecule has 0 aliphatic rings. The van der Waals surface area contributed by atoms with Gasteiger partial charge in [0, 0.05) is 13.1 Å². The molecule has 0 N–H and O–H groups in total. The Labute approximate surface area is 110 Å². The van der Waals surface area contributed by atoms with Crippen molar-refractivity contribution in [2.45, 2.75) is 32.9 Å². The van der Waals surface area contributed by atoms with Gasteiger partial charge in [-0.2, -0.15) is 18.4 Å². The molecule has 1 aromatic rings. The molecule has 1 rings (SSSR count). The van der Waals surface area contributed by atoms with Gasteiger partial charge in [0.1, 0.15) is 6.07 Å². The van der Waals surface area contributed by atoms with Gasteiger partial charge in [-0.15, -0.1) is 0 Å². The molecule has 0 aliphatic carbocycles. The Morgan fingerprint density at radius 3 is 2.53 bits per heavy atom. The van der Waals surface area contributed by atoms with Crippen LogP contribution in [0.2, 0.25) is 0 Å². The Morgan fingerprint density at radius 1 is 1.37 bits per heavy atom. The second kappa shape index (κ2) is 6.41. The Hall–Kier alpha value is -1.77. The van der Waals surface area contributed by atoms with Crippen LogP contribution in [0.4, 0.5) is 18.9 Å². The highest BCUT2D eigenvalue weighted by Gasteiger charge is 2.35. The Kier molecular flexibility index (Phi) is 5.16. The smallest absolute Gasteiger partial charge is 0.371 e. The number of hydrogen-bond donors (Lipinski definition) is 0. The molecule has 6 heteroatoms. The summed E-state index contributed by atoms with van der Waals surface area (Å²) in [7, 11) is 0. The molecule has 0 aliphatic heterocycles. The molecule has 0 bridgehead atoms. The third-order valence-electron chi connectivity index (χ3n) is 2.81.